The summed E-state index contributed by atoms with van der Waals surface area (Å²) in [4.78, 5) is 25.3. The van der Waals surface area contributed by atoms with Crippen molar-refractivity contribution in [1.82, 2.24) is 0 Å². The van der Waals surface area contributed by atoms with E-state index in [0.717, 1.165) is 5.56 Å². The lowest BCUT2D eigenvalue weighted by molar-refractivity contribution is -0.159. The van der Waals surface area contributed by atoms with Crippen LogP contribution in [0.5, 0.6) is 0 Å². The van der Waals surface area contributed by atoms with Crippen molar-refractivity contribution in [2.45, 2.75) is 58.7 Å². The molecule has 0 heterocycles. The van der Waals surface area contributed by atoms with Gasteiger partial charge in [-0.25, -0.2) is 0 Å². The molecule has 0 saturated carbocycles. The largest absolute Gasteiger partial charge is 0.459 e. The standard InChI is InChI=1S/C24H30O4/c1-17(2)27-15-14-24(4,5)28-23(26)18(3)20-12-9-13-21(16-20)22(25)19-10-7-6-8-11-19/h6-13,16-18H,14-15H2,1-5H3. The van der Waals surface area contributed by atoms with E-state index in [4.69, 9.17) is 9.47 Å². The highest BCUT2D eigenvalue weighted by Gasteiger charge is 2.27. The minimum atomic E-state index is -0.613. The molecule has 2 aromatic carbocycles. The normalized spacial score (nSPS) is 12.6. The van der Waals surface area contributed by atoms with Gasteiger partial charge in [-0.05, 0) is 46.2 Å². The summed E-state index contributed by atoms with van der Waals surface area (Å²) in [5, 5.41) is 0. The Kier molecular flexibility index (Phi) is 7.53. The van der Waals surface area contributed by atoms with Gasteiger partial charge in [-0.3, -0.25) is 9.59 Å². The molecule has 4 nitrogen and oxygen atoms in total. The number of carbonyl (C=O) groups is 2. The van der Waals surface area contributed by atoms with Crippen LogP contribution in [0, 0.1) is 0 Å². The molecule has 0 amide bonds. The molecule has 2 aromatic rings. The van der Waals surface area contributed by atoms with E-state index in [9.17, 15) is 9.59 Å². The topological polar surface area (TPSA) is 52.6 Å². The van der Waals surface area contributed by atoms with Gasteiger partial charge in [0.05, 0.1) is 18.6 Å². The van der Waals surface area contributed by atoms with Gasteiger partial charge >= 0.3 is 5.97 Å². The molecular formula is C24H30O4. The number of ketones is 1. The second-order valence-electron chi connectivity index (χ2n) is 7.89. The molecule has 0 fully saturated rings. The molecule has 0 bridgehead atoms. The van der Waals surface area contributed by atoms with Gasteiger partial charge in [0.15, 0.2) is 5.78 Å². The Bertz CT molecular complexity index is 793. The Morgan fingerprint density at radius 1 is 0.929 bits per heavy atom. The summed E-state index contributed by atoms with van der Waals surface area (Å²) >= 11 is 0. The SMILES string of the molecule is CC(C)OCCC(C)(C)OC(=O)C(C)c1cccc(C(=O)c2ccccc2)c1. The van der Waals surface area contributed by atoms with E-state index in [1.165, 1.54) is 0 Å². The van der Waals surface area contributed by atoms with Crippen molar-refractivity contribution >= 4 is 11.8 Å². The van der Waals surface area contributed by atoms with Crippen molar-refractivity contribution in [3.8, 4) is 0 Å². The summed E-state index contributed by atoms with van der Waals surface area (Å²) in [6.07, 6.45) is 0.770. The number of rotatable bonds is 9. The van der Waals surface area contributed by atoms with Gasteiger partial charge in [0.25, 0.3) is 0 Å². The number of hydrogen-bond donors (Lipinski definition) is 0. The molecule has 0 spiro atoms. The maximum Gasteiger partial charge on any atom is 0.313 e. The molecule has 2 rings (SSSR count). The fourth-order valence-corrected chi connectivity index (χ4v) is 2.79. The Hall–Kier alpha value is -2.46. The van der Waals surface area contributed by atoms with Crippen LogP contribution in [0.1, 0.15) is 68.4 Å². The summed E-state index contributed by atoms with van der Waals surface area (Å²) in [7, 11) is 0. The van der Waals surface area contributed by atoms with Crippen molar-refractivity contribution in [3.63, 3.8) is 0 Å². The number of hydrogen-bond acceptors (Lipinski definition) is 4. The quantitative estimate of drug-likeness (QED) is 0.444. The fourth-order valence-electron chi connectivity index (χ4n) is 2.79. The molecule has 0 aliphatic rings. The molecule has 0 aliphatic carbocycles. The van der Waals surface area contributed by atoms with E-state index < -0.39 is 11.5 Å². The van der Waals surface area contributed by atoms with Crippen LogP contribution in [-0.2, 0) is 14.3 Å². The zero-order chi connectivity index (χ0) is 20.7. The van der Waals surface area contributed by atoms with E-state index in [2.05, 4.69) is 0 Å². The Balaban J connectivity index is 2.06. The summed E-state index contributed by atoms with van der Waals surface area (Å²) in [6, 6.07) is 16.3. The molecule has 4 heteroatoms. The maximum absolute atomic E-state index is 12.7. The van der Waals surface area contributed by atoms with Crippen LogP contribution in [0.25, 0.3) is 0 Å². The Labute approximate surface area is 167 Å². The van der Waals surface area contributed by atoms with Crippen LogP contribution in [0.15, 0.2) is 54.6 Å². The number of esters is 1. The lowest BCUT2D eigenvalue weighted by Crippen LogP contribution is -2.32. The van der Waals surface area contributed by atoms with Crippen molar-refractivity contribution in [1.29, 1.82) is 0 Å². The van der Waals surface area contributed by atoms with Gasteiger partial charge in [-0.2, -0.15) is 0 Å². The molecule has 0 saturated heterocycles. The van der Waals surface area contributed by atoms with Crippen LogP contribution >= 0.6 is 0 Å². The van der Waals surface area contributed by atoms with Gasteiger partial charge in [-0.15, -0.1) is 0 Å². The third-order valence-corrected chi connectivity index (χ3v) is 4.57. The monoisotopic (exact) mass is 382 g/mol. The predicted octanol–water partition coefficient (Wildman–Crippen LogP) is 5.16. The zero-order valence-corrected chi connectivity index (χ0v) is 17.4. The first-order valence-corrected chi connectivity index (χ1v) is 9.74. The average Bonchev–Trinajstić information content (AvgIpc) is 2.66. The van der Waals surface area contributed by atoms with Gasteiger partial charge < -0.3 is 9.47 Å². The maximum atomic E-state index is 12.7. The molecule has 0 radical (unpaired) electrons. The van der Waals surface area contributed by atoms with E-state index >= 15 is 0 Å². The first kappa shape index (κ1) is 21.8. The first-order chi connectivity index (χ1) is 13.2. The number of ether oxygens (including phenoxy) is 2. The van der Waals surface area contributed by atoms with Crippen molar-refractivity contribution in [2.75, 3.05) is 6.61 Å². The second kappa shape index (κ2) is 9.65. The summed E-state index contributed by atoms with van der Waals surface area (Å²) in [6.45, 7) is 10.1. The van der Waals surface area contributed by atoms with Crippen LogP contribution < -0.4 is 0 Å². The third kappa shape index (κ3) is 6.31. The van der Waals surface area contributed by atoms with E-state index in [1.807, 2.05) is 52.0 Å². The highest BCUT2D eigenvalue weighted by Crippen LogP contribution is 2.24. The molecule has 0 aliphatic heterocycles. The molecular weight excluding hydrogens is 352 g/mol. The molecule has 150 valence electrons. The molecule has 28 heavy (non-hydrogen) atoms. The predicted molar refractivity (Wildman–Crippen MR) is 111 cm³/mol. The van der Waals surface area contributed by atoms with E-state index in [0.29, 0.717) is 24.2 Å². The van der Waals surface area contributed by atoms with Gasteiger partial charge in [0.2, 0.25) is 0 Å². The lowest BCUT2D eigenvalue weighted by atomic mass is 9.95. The van der Waals surface area contributed by atoms with Crippen LogP contribution in [-0.4, -0.2) is 30.1 Å². The van der Waals surface area contributed by atoms with Crippen LogP contribution in [0.2, 0.25) is 0 Å². The summed E-state index contributed by atoms with van der Waals surface area (Å²) in [5.74, 6) is -0.832. The molecule has 1 unspecified atom stereocenters. The Morgan fingerprint density at radius 2 is 1.57 bits per heavy atom. The highest BCUT2D eigenvalue weighted by atomic mass is 16.6. The minimum absolute atomic E-state index is 0.0609. The summed E-state index contributed by atoms with van der Waals surface area (Å²) < 4.78 is 11.3. The molecule has 0 N–H and O–H groups in total. The van der Waals surface area contributed by atoms with Gasteiger partial charge in [-0.1, -0.05) is 48.5 Å². The van der Waals surface area contributed by atoms with Crippen molar-refractivity contribution in [3.05, 3.63) is 71.3 Å². The highest BCUT2D eigenvalue weighted by molar-refractivity contribution is 6.09. The van der Waals surface area contributed by atoms with E-state index in [1.54, 1.807) is 37.3 Å². The Morgan fingerprint density at radius 3 is 2.21 bits per heavy atom. The zero-order valence-electron chi connectivity index (χ0n) is 17.4. The van der Waals surface area contributed by atoms with Crippen molar-refractivity contribution < 1.29 is 19.1 Å². The van der Waals surface area contributed by atoms with Crippen LogP contribution in [0.4, 0.5) is 0 Å². The first-order valence-electron chi connectivity index (χ1n) is 9.74. The van der Waals surface area contributed by atoms with E-state index in [-0.39, 0.29) is 17.9 Å². The fraction of sp³-hybridized carbons (Fsp3) is 0.417. The molecule has 1 atom stereocenters. The summed E-state index contributed by atoms with van der Waals surface area (Å²) in [5.41, 5.74) is 1.34. The van der Waals surface area contributed by atoms with Crippen molar-refractivity contribution in [2.24, 2.45) is 0 Å². The smallest absolute Gasteiger partial charge is 0.313 e. The number of carbonyl (C=O) groups excluding carboxylic acids is 2. The van der Waals surface area contributed by atoms with Crippen LogP contribution in [0.3, 0.4) is 0 Å². The minimum Gasteiger partial charge on any atom is -0.459 e. The molecule has 0 aromatic heterocycles. The van der Waals surface area contributed by atoms with Gasteiger partial charge in [0, 0.05) is 17.5 Å². The van der Waals surface area contributed by atoms with Gasteiger partial charge in [0.1, 0.15) is 5.60 Å². The average molecular weight is 383 g/mol. The number of benzene rings is 2. The lowest BCUT2D eigenvalue weighted by Gasteiger charge is -2.27. The second-order valence-corrected chi connectivity index (χ2v) is 7.89. The third-order valence-electron chi connectivity index (χ3n) is 4.57.